The number of aromatic amines is 1. The second-order valence-electron chi connectivity index (χ2n) is 6.85. The number of para-hydroxylation sites is 2. The van der Waals surface area contributed by atoms with Crippen molar-refractivity contribution >= 4 is 22.1 Å². The number of H-pyrrole nitrogens is 1. The summed E-state index contributed by atoms with van der Waals surface area (Å²) in [6.45, 7) is 3.93. The predicted octanol–water partition coefficient (Wildman–Crippen LogP) is 3.61. The summed E-state index contributed by atoms with van der Waals surface area (Å²) in [6, 6.07) is 15.3. The van der Waals surface area contributed by atoms with Crippen molar-refractivity contribution in [1.82, 2.24) is 29.9 Å². The van der Waals surface area contributed by atoms with Gasteiger partial charge in [0.25, 0.3) is 5.95 Å². The number of fused-ring (bicyclic) bond motifs is 3. The first kappa shape index (κ1) is 16.4. The number of nitrogens with one attached hydrogen (secondary N) is 1. The van der Waals surface area contributed by atoms with Gasteiger partial charge in [-0.25, -0.2) is 4.68 Å². The van der Waals surface area contributed by atoms with Crippen molar-refractivity contribution in [2.45, 2.75) is 20.3 Å². The molecule has 0 radical (unpaired) electrons. The predicted molar refractivity (Wildman–Crippen MR) is 107 cm³/mol. The molecule has 0 bridgehead atoms. The smallest absolute Gasteiger partial charge is 0.272 e. The molecule has 7 nitrogen and oxygen atoms in total. The van der Waals surface area contributed by atoms with Gasteiger partial charge in [0.15, 0.2) is 5.65 Å². The number of hydrogen-bond donors (Lipinski definition) is 2. The molecule has 28 heavy (non-hydrogen) atoms. The van der Waals surface area contributed by atoms with E-state index in [2.05, 4.69) is 25.3 Å². The largest absolute Gasteiger partial charge is 0.508 e. The summed E-state index contributed by atoms with van der Waals surface area (Å²) >= 11 is 0. The molecule has 3 heterocycles. The number of phenolic OH excluding ortho intramolecular Hbond substituents is 1. The highest BCUT2D eigenvalue weighted by atomic mass is 16.3. The van der Waals surface area contributed by atoms with Crippen molar-refractivity contribution in [2.24, 2.45) is 0 Å². The van der Waals surface area contributed by atoms with Crippen molar-refractivity contribution in [3.05, 3.63) is 71.0 Å². The van der Waals surface area contributed by atoms with Crippen LogP contribution in [0.3, 0.4) is 0 Å². The molecule has 0 unspecified atom stereocenters. The van der Waals surface area contributed by atoms with Crippen LogP contribution in [-0.2, 0) is 6.42 Å². The molecule has 7 heteroatoms. The molecule has 0 amide bonds. The van der Waals surface area contributed by atoms with Crippen molar-refractivity contribution in [2.75, 3.05) is 0 Å². The standard InChI is InChI=1S/C21H18N6O/c1-12-16(11-14-7-3-6-10-18(14)28)13(2)27(26-12)21-23-20-19(24-25-21)15-8-4-5-9-17(15)22-20/h3-10,28H,11H2,1-2H3,(H,22,23,25). The maximum Gasteiger partial charge on any atom is 0.272 e. The molecule has 0 fully saturated rings. The highest BCUT2D eigenvalue weighted by molar-refractivity contribution is 6.03. The lowest BCUT2D eigenvalue weighted by Gasteiger charge is -2.05. The average Bonchev–Trinajstić information content (AvgIpc) is 3.21. The summed E-state index contributed by atoms with van der Waals surface area (Å²) in [7, 11) is 0. The second-order valence-corrected chi connectivity index (χ2v) is 6.85. The molecule has 5 aromatic rings. The number of aromatic nitrogens is 6. The van der Waals surface area contributed by atoms with Gasteiger partial charge < -0.3 is 10.1 Å². The highest BCUT2D eigenvalue weighted by Gasteiger charge is 2.17. The highest BCUT2D eigenvalue weighted by Crippen LogP contribution is 2.25. The van der Waals surface area contributed by atoms with Gasteiger partial charge in [0, 0.05) is 28.6 Å². The average molecular weight is 370 g/mol. The zero-order valence-electron chi connectivity index (χ0n) is 15.5. The number of nitrogens with zero attached hydrogens (tertiary/aromatic N) is 5. The fraction of sp³-hybridized carbons (Fsp3) is 0.143. The number of hydrogen-bond acceptors (Lipinski definition) is 5. The monoisotopic (exact) mass is 370 g/mol. The maximum atomic E-state index is 10.1. The lowest BCUT2D eigenvalue weighted by molar-refractivity contribution is 0.469. The molecular formula is C21H18N6O. The van der Waals surface area contributed by atoms with Gasteiger partial charge in [-0.05, 0) is 31.5 Å². The van der Waals surface area contributed by atoms with E-state index >= 15 is 0 Å². The zero-order chi connectivity index (χ0) is 19.3. The summed E-state index contributed by atoms with van der Waals surface area (Å²) in [5.74, 6) is 0.703. The van der Waals surface area contributed by atoms with Crippen LogP contribution in [0.25, 0.3) is 28.0 Å². The minimum atomic E-state index is 0.284. The fourth-order valence-corrected chi connectivity index (χ4v) is 3.58. The van der Waals surface area contributed by atoms with Crippen LogP contribution in [0.5, 0.6) is 5.75 Å². The van der Waals surface area contributed by atoms with E-state index in [0.717, 1.165) is 38.9 Å². The van der Waals surface area contributed by atoms with Crippen molar-refractivity contribution in [3.8, 4) is 11.7 Å². The van der Waals surface area contributed by atoms with Crippen LogP contribution in [0.4, 0.5) is 0 Å². The summed E-state index contributed by atoms with van der Waals surface area (Å²) < 4.78 is 1.71. The molecule has 0 atom stereocenters. The molecule has 0 saturated carbocycles. The second kappa shape index (κ2) is 6.16. The van der Waals surface area contributed by atoms with Crippen LogP contribution < -0.4 is 0 Å². The molecular weight excluding hydrogens is 352 g/mol. The van der Waals surface area contributed by atoms with Crippen LogP contribution in [0.2, 0.25) is 0 Å². The van der Waals surface area contributed by atoms with Crippen LogP contribution in [0, 0.1) is 13.8 Å². The fourth-order valence-electron chi connectivity index (χ4n) is 3.58. The molecule has 138 valence electrons. The topological polar surface area (TPSA) is 92.5 Å². The van der Waals surface area contributed by atoms with Gasteiger partial charge in [0.2, 0.25) is 0 Å². The summed E-state index contributed by atoms with van der Waals surface area (Å²) in [4.78, 5) is 7.93. The molecule has 2 N–H and O–H groups in total. The van der Waals surface area contributed by atoms with Crippen LogP contribution in [0.1, 0.15) is 22.5 Å². The van der Waals surface area contributed by atoms with Gasteiger partial charge in [-0.15, -0.1) is 10.2 Å². The maximum absolute atomic E-state index is 10.1. The quantitative estimate of drug-likeness (QED) is 0.506. The van der Waals surface area contributed by atoms with E-state index in [1.165, 1.54) is 0 Å². The first-order chi connectivity index (χ1) is 13.6. The Morgan fingerprint density at radius 2 is 1.79 bits per heavy atom. The molecule has 2 aromatic carbocycles. The van der Waals surface area contributed by atoms with Gasteiger partial charge in [-0.3, -0.25) is 0 Å². The van der Waals surface area contributed by atoms with E-state index in [1.54, 1.807) is 10.7 Å². The molecule has 0 saturated heterocycles. The first-order valence-corrected chi connectivity index (χ1v) is 9.05. The van der Waals surface area contributed by atoms with Gasteiger partial charge >= 0.3 is 0 Å². The molecule has 3 aromatic heterocycles. The number of phenols is 1. The van der Waals surface area contributed by atoms with Crippen molar-refractivity contribution in [1.29, 1.82) is 0 Å². The van der Waals surface area contributed by atoms with E-state index in [9.17, 15) is 5.11 Å². The van der Waals surface area contributed by atoms with E-state index in [-0.39, 0.29) is 5.75 Å². The zero-order valence-corrected chi connectivity index (χ0v) is 15.5. The first-order valence-electron chi connectivity index (χ1n) is 9.05. The molecule has 0 aliphatic rings. The lowest BCUT2D eigenvalue weighted by Crippen LogP contribution is -2.06. The molecule has 0 spiro atoms. The summed E-state index contributed by atoms with van der Waals surface area (Å²) in [5.41, 5.74) is 6.11. The Morgan fingerprint density at radius 1 is 1.00 bits per heavy atom. The third kappa shape index (κ3) is 2.51. The Kier molecular flexibility index (Phi) is 3.61. The Labute approximate surface area is 160 Å². The lowest BCUT2D eigenvalue weighted by atomic mass is 10.0. The van der Waals surface area contributed by atoms with Gasteiger partial charge in [0.1, 0.15) is 11.3 Å². The Hall–Kier alpha value is -3.74. The minimum Gasteiger partial charge on any atom is -0.508 e. The van der Waals surface area contributed by atoms with E-state index in [0.29, 0.717) is 18.0 Å². The van der Waals surface area contributed by atoms with Gasteiger partial charge in [-0.2, -0.15) is 10.1 Å². The van der Waals surface area contributed by atoms with Gasteiger partial charge in [0.05, 0.1) is 5.69 Å². The normalized spacial score (nSPS) is 11.5. The summed E-state index contributed by atoms with van der Waals surface area (Å²) in [5, 5.41) is 24.4. The number of aromatic hydroxyl groups is 1. The molecule has 0 aliphatic heterocycles. The van der Waals surface area contributed by atoms with Gasteiger partial charge in [-0.1, -0.05) is 36.4 Å². The minimum absolute atomic E-state index is 0.284. The molecule has 0 aliphatic carbocycles. The SMILES string of the molecule is Cc1nn(-c2nnc3c(n2)[nH]c2ccccc23)c(C)c1Cc1ccccc1O. The third-order valence-electron chi connectivity index (χ3n) is 5.10. The van der Waals surface area contributed by atoms with Crippen molar-refractivity contribution < 1.29 is 5.11 Å². The Balaban J connectivity index is 1.60. The Bertz CT molecular complexity index is 1330. The number of aryl methyl sites for hydroxylation is 1. The number of benzene rings is 2. The van der Waals surface area contributed by atoms with E-state index in [1.807, 2.05) is 56.3 Å². The molecule has 5 rings (SSSR count). The van der Waals surface area contributed by atoms with E-state index in [4.69, 9.17) is 0 Å². The van der Waals surface area contributed by atoms with Crippen molar-refractivity contribution in [3.63, 3.8) is 0 Å². The number of rotatable bonds is 3. The Morgan fingerprint density at radius 3 is 2.64 bits per heavy atom. The van der Waals surface area contributed by atoms with Crippen LogP contribution >= 0.6 is 0 Å². The third-order valence-corrected chi connectivity index (χ3v) is 5.10. The summed E-state index contributed by atoms with van der Waals surface area (Å²) in [6.07, 6.45) is 0.590. The van der Waals surface area contributed by atoms with Crippen LogP contribution in [-0.4, -0.2) is 35.1 Å². The van der Waals surface area contributed by atoms with Crippen LogP contribution in [0.15, 0.2) is 48.5 Å². The van der Waals surface area contributed by atoms with E-state index < -0.39 is 0 Å².